The Hall–Kier alpha value is -1.47. The number of rotatable bonds is 8. The molecule has 2 aromatic rings. The van der Waals surface area contributed by atoms with Gasteiger partial charge in [-0.15, -0.1) is 0 Å². The Morgan fingerprint density at radius 2 is 1.62 bits per heavy atom. The highest BCUT2D eigenvalue weighted by Gasteiger charge is 2.16. The second kappa shape index (κ2) is 8.95. The molecule has 3 rings (SSSR count). The zero-order valence-electron chi connectivity index (χ0n) is 15.5. The van der Waals surface area contributed by atoms with E-state index >= 15 is 0 Å². The van der Waals surface area contributed by atoms with Gasteiger partial charge in [-0.1, -0.05) is 37.3 Å². The van der Waals surface area contributed by atoms with E-state index in [4.69, 9.17) is 0 Å². The van der Waals surface area contributed by atoms with Gasteiger partial charge in [-0.05, 0) is 48.8 Å². The third-order valence-electron chi connectivity index (χ3n) is 5.14. The Bertz CT molecular complexity index is 815. The van der Waals surface area contributed by atoms with Crippen LogP contribution < -0.4 is 4.72 Å². The van der Waals surface area contributed by atoms with Crippen LogP contribution in [-0.2, 0) is 10.0 Å². The number of sulfonamides is 1. The van der Waals surface area contributed by atoms with E-state index < -0.39 is 10.0 Å². The first-order chi connectivity index (χ1) is 12.6. The molecule has 1 saturated heterocycles. The van der Waals surface area contributed by atoms with Gasteiger partial charge >= 0.3 is 0 Å². The first-order valence-electron chi connectivity index (χ1n) is 9.51. The third-order valence-corrected chi connectivity index (χ3v) is 6.60. The van der Waals surface area contributed by atoms with Crippen LogP contribution in [-0.4, -0.2) is 64.0 Å². The zero-order valence-corrected chi connectivity index (χ0v) is 16.3. The van der Waals surface area contributed by atoms with E-state index in [-0.39, 0.29) is 0 Å². The van der Waals surface area contributed by atoms with E-state index in [9.17, 15) is 8.42 Å². The highest BCUT2D eigenvalue weighted by molar-refractivity contribution is 7.89. The minimum atomic E-state index is -3.44. The summed E-state index contributed by atoms with van der Waals surface area (Å²) in [4.78, 5) is 5.28. The third kappa shape index (κ3) is 5.04. The van der Waals surface area contributed by atoms with Gasteiger partial charge < -0.3 is 9.80 Å². The van der Waals surface area contributed by atoms with Crippen molar-refractivity contribution in [3.63, 3.8) is 0 Å². The van der Waals surface area contributed by atoms with Crippen molar-refractivity contribution >= 4 is 20.8 Å². The molecule has 0 aromatic heterocycles. The van der Waals surface area contributed by atoms with Gasteiger partial charge in [-0.2, -0.15) is 0 Å². The first kappa shape index (κ1) is 19.3. The summed E-state index contributed by atoms with van der Waals surface area (Å²) in [5, 5.41) is 2.00. The number of nitrogens with one attached hydrogen (secondary N) is 1. The minimum Gasteiger partial charge on any atom is -0.301 e. The molecular weight excluding hydrogens is 346 g/mol. The number of hydrogen-bond acceptors (Lipinski definition) is 4. The second-order valence-corrected chi connectivity index (χ2v) is 8.66. The van der Waals surface area contributed by atoms with Gasteiger partial charge in [0.05, 0.1) is 4.90 Å². The van der Waals surface area contributed by atoms with E-state index in [0.717, 1.165) is 62.9 Å². The summed E-state index contributed by atoms with van der Waals surface area (Å²) in [6.07, 6.45) is 1.88. The van der Waals surface area contributed by atoms with Crippen molar-refractivity contribution in [1.82, 2.24) is 14.5 Å². The normalized spacial score (nSPS) is 17.0. The van der Waals surface area contributed by atoms with Gasteiger partial charge in [-0.3, -0.25) is 0 Å². The average molecular weight is 376 g/mol. The number of hydrogen-bond donors (Lipinski definition) is 1. The van der Waals surface area contributed by atoms with Gasteiger partial charge in [-0.25, -0.2) is 13.1 Å². The van der Waals surface area contributed by atoms with E-state index in [2.05, 4.69) is 21.4 Å². The number of benzene rings is 2. The summed E-state index contributed by atoms with van der Waals surface area (Å²) in [7, 11) is -3.44. The van der Waals surface area contributed by atoms with Crippen LogP contribution in [0, 0.1) is 0 Å². The fourth-order valence-electron chi connectivity index (χ4n) is 3.41. The summed E-state index contributed by atoms with van der Waals surface area (Å²) in [5.74, 6) is 0. The van der Waals surface area contributed by atoms with Crippen molar-refractivity contribution in [3.8, 4) is 0 Å². The molecule has 0 aliphatic carbocycles. The maximum Gasteiger partial charge on any atom is 0.240 e. The molecule has 0 spiro atoms. The van der Waals surface area contributed by atoms with E-state index in [1.165, 1.54) is 0 Å². The lowest BCUT2D eigenvalue weighted by Crippen LogP contribution is -2.46. The van der Waals surface area contributed by atoms with Gasteiger partial charge in [0.15, 0.2) is 0 Å². The van der Waals surface area contributed by atoms with Crippen molar-refractivity contribution in [1.29, 1.82) is 0 Å². The average Bonchev–Trinajstić information content (AvgIpc) is 2.67. The highest BCUT2D eigenvalue weighted by Crippen LogP contribution is 2.18. The number of nitrogens with zero attached hydrogens (tertiary/aromatic N) is 2. The van der Waals surface area contributed by atoms with E-state index in [1.807, 2.05) is 30.3 Å². The van der Waals surface area contributed by atoms with Gasteiger partial charge in [0.2, 0.25) is 10.0 Å². The van der Waals surface area contributed by atoms with Crippen LogP contribution in [0.25, 0.3) is 10.8 Å². The Morgan fingerprint density at radius 3 is 2.35 bits per heavy atom. The fourth-order valence-corrected chi connectivity index (χ4v) is 4.52. The molecule has 5 nitrogen and oxygen atoms in total. The molecule has 1 fully saturated rings. The van der Waals surface area contributed by atoms with Crippen LogP contribution in [0.4, 0.5) is 0 Å². The fraction of sp³-hybridized carbons (Fsp3) is 0.500. The van der Waals surface area contributed by atoms with Crippen LogP contribution in [0.1, 0.15) is 19.8 Å². The molecule has 142 valence electrons. The monoisotopic (exact) mass is 375 g/mol. The van der Waals surface area contributed by atoms with Crippen LogP contribution in [0.3, 0.4) is 0 Å². The topological polar surface area (TPSA) is 52.6 Å². The number of unbranched alkanes of at least 4 members (excludes halogenated alkanes) is 1. The van der Waals surface area contributed by atoms with Crippen LogP contribution in [0.15, 0.2) is 47.4 Å². The smallest absolute Gasteiger partial charge is 0.240 e. The summed E-state index contributed by atoms with van der Waals surface area (Å²) < 4.78 is 27.7. The predicted octanol–water partition coefficient (Wildman–Crippen LogP) is 2.54. The second-order valence-electron chi connectivity index (χ2n) is 6.89. The van der Waals surface area contributed by atoms with E-state index in [1.54, 1.807) is 12.1 Å². The molecule has 26 heavy (non-hydrogen) atoms. The lowest BCUT2D eigenvalue weighted by molar-refractivity contribution is 0.136. The standard InChI is InChI=1S/C20H29N3O2S/c1-2-22-13-15-23(16-14-22)12-6-5-11-21-26(24,25)20-10-9-18-7-3-4-8-19(18)17-20/h3-4,7-10,17,21H,2,5-6,11-16H2,1H3. The largest absolute Gasteiger partial charge is 0.301 e. The predicted molar refractivity (Wildman–Crippen MR) is 107 cm³/mol. The maximum absolute atomic E-state index is 12.5. The molecule has 0 unspecified atom stereocenters. The molecule has 1 aliphatic heterocycles. The molecule has 6 heteroatoms. The van der Waals surface area contributed by atoms with Crippen molar-refractivity contribution in [2.75, 3.05) is 45.8 Å². The first-order valence-corrected chi connectivity index (χ1v) is 11.0. The Labute approximate surface area is 157 Å². The molecule has 2 aromatic carbocycles. The highest BCUT2D eigenvalue weighted by atomic mass is 32.2. The lowest BCUT2D eigenvalue weighted by atomic mass is 10.1. The van der Waals surface area contributed by atoms with Crippen molar-refractivity contribution in [2.45, 2.75) is 24.7 Å². The molecule has 0 atom stereocenters. The molecule has 0 saturated carbocycles. The van der Waals surface area contributed by atoms with Crippen LogP contribution in [0.5, 0.6) is 0 Å². The Morgan fingerprint density at radius 1 is 0.923 bits per heavy atom. The molecule has 1 heterocycles. The zero-order chi connectivity index (χ0) is 18.4. The Balaban J connectivity index is 1.43. The number of fused-ring (bicyclic) bond motifs is 1. The summed E-state index contributed by atoms with van der Waals surface area (Å²) in [6.45, 7) is 9.41. The molecule has 1 N–H and O–H groups in total. The Kier molecular flexibility index (Phi) is 6.64. The van der Waals surface area contributed by atoms with Gasteiger partial charge in [0, 0.05) is 32.7 Å². The summed E-state index contributed by atoms with van der Waals surface area (Å²) in [5.41, 5.74) is 0. The van der Waals surface area contributed by atoms with Gasteiger partial charge in [0.25, 0.3) is 0 Å². The summed E-state index contributed by atoms with van der Waals surface area (Å²) >= 11 is 0. The molecule has 0 amide bonds. The van der Waals surface area contributed by atoms with Crippen LogP contribution >= 0.6 is 0 Å². The number of piperazine rings is 1. The van der Waals surface area contributed by atoms with Crippen molar-refractivity contribution < 1.29 is 8.42 Å². The van der Waals surface area contributed by atoms with E-state index in [0.29, 0.717) is 11.4 Å². The molecule has 0 bridgehead atoms. The van der Waals surface area contributed by atoms with Crippen LogP contribution in [0.2, 0.25) is 0 Å². The quantitative estimate of drug-likeness (QED) is 0.721. The number of likely N-dealkylation sites (N-methyl/N-ethyl adjacent to an activating group) is 1. The molecule has 1 aliphatic rings. The van der Waals surface area contributed by atoms with Gasteiger partial charge in [0.1, 0.15) is 0 Å². The maximum atomic E-state index is 12.5. The molecular formula is C20H29N3O2S. The van der Waals surface area contributed by atoms with Crippen molar-refractivity contribution in [3.05, 3.63) is 42.5 Å². The summed E-state index contributed by atoms with van der Waals surface area (Å²) in [6, 6.07) is 13.1. The molecule has 0 radical (unpaired) electrons. The minimum absolute atomic E-state index is 0.340. The van der Waals surface area contributed by atoms with Crippen molar-refractivity contribution in [2.24, 2.45) is 0 Å². The SMILES string of the molecule is CCN1CCN(CCCCNS(=O)(=O)c2ccc3ccccc3c2)CC1. The lowest BCUT2D eigenvalue weighted by Gasteiger charge is -2.33.